The van der Waals surface area contributed by atoms with Crippen molar-refractivity contribution in [1.82, 2.24) is 15.2 Å². The highest BCUT2D eigenvalue weighted by atomic mass is 16.1. The fourth-order valence-electron chi connectivity index (χ4n) is 2.37. The minimum absolute atomic E-state index is 0.0391. The summed E-state index contributed by atoms with van der Waals surface area (Å²) in [5.74, 6) is 1.32. The van der Waals surface area contributed by atoms with Crippen molar-refractivity contribution < 1.29 is 4.79 Å². The van der Waals surface area contributed by atoms with Gasteiger partial charge >= 0.3 is 0 Å². The SMILES string of the molecule is CC(=O)c1cccc(Nc2cnnc(N3CCCC3)n2)c1. The van der Waals surface area contributed by atoms with E-state index in [4.69, 9.17) is 0 Å². The number of ketones is 1. The number of nitrogens with one attached hydrogen (secondary N) is 1. The molecule has 1 aromatic heterocycles. The lowest BCUT2D eigenvalue weighted by molar-refractivity contribution is 0.101. The van der Waals surface area contributed by atoms with Crippen LogP contribution in [0, 0.1) is 0 Å². The third-order valence-corrected chi connectivity index (χ3v) is 3.48. The summed E-state index contributed by atoms with van der Waals surface area (Å²) in [6, 6.07) is 7.33. The summed E-state index contributed by atoms with van der Waals surface area (Å²) < 4.78 is 0. The summed E-state index contributed by atoms with van der Waals surface area (Å²) in [7, 11) is 0. The first-order valence-electron chi connectivity index (χ1n) is 7.05. The predicted octanol–water partition coefficient (Wildman–Crippen LogP) is 2.42. The van der Waals surface area contributed by atoms with Gasteiger partial charge in [-0.25, -0.2) is 0 Å². The summed E-state index contributed by atoms with van der Waals surface area (Å²) in [5.41, 5.74) is 1.48. The van der Waals surface area contributed by atoms with E-state index in [0.29, 0.717) is 17.3 Å². The molecule has 0 radical (unpaired) electrons. The Morgan fingerprint density at radius 2 is 2.10 bits per heavy atom. The summed E-state index contributed by atoms with van der Waals surface area (Å²) in [5, 5.41) is 11.2. The molecule has 2 aromatic rings. The van der Waals surface area contributed by atoms with Crippen LogP contribution >= 0.6 is 0 Å². The molecule has 108 valence electrons. The number of carbonyl (C=O) groups excluding carboxylic acids is 1. The van der Waals surface area contributed by atoms with Crippen LogP contribution in [0.15, 0.2) is 30.5 Å². The highest BCUT2D eigenvalue weighted by molar-refractivity contribution is 5.95. The maximum atomic E-state index is 11.4. The Morgan fingerprint density at radius 3 is 2.86 bits per heavy atom. The van der Waals surface area contributed by atoms with E-state index >= 15 is 0 Å². The monoisotopic (exact) mass is 283 g/mol. The minimum atomic E-state index is 0.0391. The molecule has 3 rings (SSSR count). The van der Waals surface area contributed by atoms with Crippen molar-refractivity contribution >= 4 is 23.2 Å². The second-order valence-electron chi connectivity index (χ2n) is 5.10. The molecule has 0 unspecified atom stereocenters. The van der Waals surface area contributed by atoms with Gasteiger partial charge in [0.05, 0.1) is 6.20 Å². The number of carbonyl (C=O) groups is 1. The molecule has 0 amide bonds. The number of anilines is 3. The van der Waals surface area contributed by atoms with Gasteiger partial charge in [-0.15, -0.1) is 5.10 Å². The number of hydrogen-bond donors (Lipinski definition) is 1. The van der Waals surface area contributed by atoms with Gasteiger partial charge in [0, 0.05) is 24.3 Å². The van der Waals surface area contributed by atoms with E-state index in [1.807, 2.05) is 12.1 Å². The van der Waals surface area contributed by atoms with Crippen molar-refractivity contribution in [3.8, 4) is 0 Å². The molecular formula is C15H17N5O. The quantitative estimate of drug-likeness (QED) is 0.869. The van der Waals surface area contributed by atoms with E-state index in [1.54, 1.807) is 25.3 Å². The molecule has 1 N–H and O–H groups in total. The average molecular weight is 283 g/mol. The van der Waals surface area contributed by atoms with Crippen molar-refractivity contribution in [3.05, 3.63) is 36.0 Å². The largest absolute Gasteiger partial charge is 0.339 e. The topological polar surface area (TPSA) is 71.0 Å². The van der Waals surface area contributed by atoms with Crippen LogP contribution in [0.2, 0.25) is 0 Å². The summed E-state index contributed by atoms with van der Waals surface area (Å²) in [6.07, 6.45) is 3.92. The average Bonchev–Trinajstić information content (AvgIpc) is 3.02. The Bertz CT molecular complexity index is 652. The molecule has 1 saturated heterocycles. The molecule has 6 nitrogen and oxygen atoms in total. The van der Waals surface area contributed by atoms with Gasteiger partial charge < -0.3 is 10.2 Å². The first kappa shape index (κ1) is 13.5. The van der Waals surface area contributed by atoms with Gasteiger partial charge in [-0.1, -0.05) is 12.1 Å². The van der Waals surface area contributed by atoms with Gasteiger partial charge in [0.1, 0.15) is 0 Å². The fraction of sp³-hybridized carbons (Fsp3) is 0.333. The molecule has 0 atom stereocenters. The standard InChI is InChI=1S/C15H17N5O/c1-11(21)12-5-4-6-13(9-12)17-14-10-16-19-15(18-14)20-7-2-3-8-20/h4-6,9-10H,2-3,7-8H2,1H3,(H,17,18,19). The smallest absolute Gasteiger partial charge is 0.247 e. The van der Waals surface area contributed by atoms with Crippen LogP contribution in [0.3, 0.4) is 0 Å². The number of hydrogen-bond acceptors (Lipinski definition) is 6. The fourth-order valence-corrected chi connectivity index (χ4v) is 2.37. The Hall–Kier alpha value is -2.50. The minimum Gasteiger partial charge on any atom is -0.339 e. The van der Waals surface area contributed by atoms with Crippen molar-refractivity contribution in [1.29, 1.82) is 0 Å². The van der Waals surface area contributed by atoms with Crippen molar-refractivity contribution in [2.24, 2.45) is 0 Å². The summed E-state index contributed by atoms with van der Waals surface area (Å²) >= 11 is 0. The van der Waals surface area contributed by atoms with Gasteiger partial charge in [-0.2, -0.15) is 10.1 Å². The highest BCUT2D eigenvalue weighted by Gasteiger charge is 2.15. The first-order valence-corrected chi connectivity index (χ1v) is 7.05. The molecule has 21 heavy (non-hydrogen) atoms. The molecule has 1 fully saturated rings. The molecule has 1 aromatic carbocycles. The maximum absolute atomic E-state index is 11.4. The summed E-state index contributed by atoms with van der Waals surface area (Å²) in [4.78, 5) is 18.0. The van der Waals surface area contributed by atoms with Crippen molar-refractivity contribution in [2.75, 3.05) is 23.3 Å². The van der Waals surface area contributed by atoms with Gasteiger partial charge in [-0.3, -0.25) is 4.79 Å². The van der Waals surface area contributed by atoms with Crippen LogP contribution in [-0.2, 0) is 0 Å². The van der Waals surface area contributed by atoms with Crippen LogP contribution in [0.5, 0.6) is 0 Å². The third kappa shape index (κ3) is 3.16. The van der Waals surface area contributed by atoms with Crippen molar-refractivity contribution in [3.63, 3.8) is 0 Å². The molecular weight excluding hydrogens is 266 g/mol. The number of rotatable bonds is 4. The molecule has 1 aliphatic rings. The lowest BCUT2D eigenvalue weighted by Gasteiger charge is -2.15. The Morgan fingerprint density at radius 1 is 1.29 bits per heavy atom. The molecule has 0 saturated carbocycles. The zero-order chi connectivity index (χ0) is 14.7. The Balaban J connectivity index is 1.79. The van der Waals surface area contributed by atoms with Crippen LogP contribution < -0.4 is 10.2 Å². The molecule has 0 aliphatic carbocycles. The maximum Gasteiger partial charge on any atom is 0.247 e. The van der Waals surface area contributed by atoms with Gasteiger partial charge in [0.2, 0.25) is 5.95 Å². The van der Waals surface area contributed by atoms with E-state index in [-0.39, 0.29) is 5.78 Å². The van der Waals surface area contributed by atoms with Gasteiger partial charge in [0.15, 0.2) is 11.6 Å². The lowest BCUT2D eigenvalue weighted by atomic mass is 10.1. The van der Waals surface area contributed by atoms with Crippen LogP contribution in [0.25, 0.3) is 0 Å². The molecule has 0 bridgehead atoms. The number of aromatic nitrogens is 3. The van der Waals surface area contributed by atoms with Crippen LogP contribution in [0.4, 0.5) is 17.5 Å². The highest BCUT2D eigenvalue weighted by Crippen LogP contribution is 2.19. The number of Topliss-reactive ketones (excluding diaryl/α,β-unsaturated/α-hetero) is 1. The Kier molecular flexibility index (Phi) is 3.77. The van der Waals surface area contributed by atoms with Crippen LogP contribution in [-0.4, -0.2) is 34.1 Å². The van der Waals surface area contributed by atoms with Crippen molar-refractivity contribution in [2.45, 2.75) is 19.8 Å². The van der Waals surface area contributed by atoms with Gasteiger partial charge in [-0.05, 0) is 31.9 Å². The van der Waals surface area contributed by atoms with Crippen LogP contribution in [0.1, 0.15) is 30.1 Å². The Labute approximate surface area is 123 Å². The number of nitrogens with zero attached hydrogens (tertiary/aromatic N) is 4. The molecule has 2 heterocycles. The zero-order valence-corrected chi connectivity index (χ0v) is 11.9. The zero-order valence-electron chi connectivity index (χ0n) is 11.9. The van der Waals surface area contributed by atoms with E-state index < -0.39 is 0 Å². The third-order valence-electron chi connectivity index (χ3n) is 3.48. The second kappa shape index (κ2) is 5.87. The second-order valence-corrected chi connectivity index (χ2v) is 5.10. The first-order chi connectivity index (χ1) is 10.2. The van der Waals surface area contributed by atoms with E-state index in [0.717, 1.165) is 18.8 Å². The normalized spacial score (nSPS) is 14.2. The van der Waals surface area contributed by atoms with Gasteiger partial charge in [0.25, 0.3) is 0 Å². The van der Waals surface area contributed by atoms with E-state index in [9.17, 15) is 4.79 Å². The molecule has 1 aliphatic heterocycles. The van der Waals surface area contributed by atoms with E-state index in [2.05, 4.69) is 25.4 Å². The predicted molar refractivity (Wildman–Crippen MR) is 81.0 cm³/mol. The number of benzene rings is 1. The molecule has 0 spiro atoms. The lowest BCUT2D eigenvalue weighted by Crippen LogP contribution is -2.21. The summed E-state index contributed by atoms with van der Waals surface area (Å²) in [6.45, 7) is 3.51. The van der Waals surface area contributed by atoms with E-state index in [1.165, 1.54) is 12.8 Å². The molecule has 6 heteroatoms.